The van der Waals surface area contributed by atoms with E-state index in [1.54, 1.807) is 12.3 Å². The lowest BCUT2D eigenvalue weighted by Crippen LogP contribution is -2.33. The van der Waals surface area contributed by atoms with E-state index in [2.05, 4.69) is 30.5 Å². The number of likely N-dealkylation sites (tertiary alicyclic amines) is 1. The average molecular weight is 357 g/mol. The summed E-state index contributed by atoms with van der Waals surface area (Å²) in [5, 5.41) is 17.6. The van der Waals surface area contributed by atoms with Crippen molar-refractivity contribution in [3.63, 3.8) is 0 Å². The van der Waals surface area contributed by atoms with Gasteiger partial charge >= 0.3 is 5.69 Å². The molecule has 0 saturated carbocycles. The van der Waals surface area contributed by atoms with Gasteiger partial charge in [-0.25, -0.2) is 15.0 Å². The molecule has 9 nitrogen and oxygen atoms in total. The molecule has 0 atom stereocenters. The van der Waals surface area contributed by atoms with Gasteiger partial charge in [0.25, 0.3) is 0 Å². The van der Waals surface area contributed by atoms with Gasteiger partial charge in [0.2, 0.25) is 11.6 Å². The summed E-state index contributed by atoms with van der Waals surface area (Å²) in [4.78, 5) is 25.7. The number of piperidine rings is 1. The predicted molar refractivity (Wildman–Crippen MR) is 99.7 cm³/mol. The van der Waals surface area contributed by atoms with Crippen molar-refractivity contribution < 1.29 is 4.92 Å². The Labute approximate surface area is 152 Å². The second kappa shape index (κ2) is 8.52. The second-order valence-corrected chi connectivity index (χ2v) is 6.35. The maximum atomic E-state index is 11.6. The van der Waals surface area contributed by atoms with Gasteiger partial charge in [-0.1, -0.05) is 12.5 Å². The second-order valence-electron chi connectivity index (χ2n) is 6.35. The number of nitrogens with zero attached hydrogens (tertiary/aromatic N) is 5. The third kappa shape index (κ3) is 4.63. The van der Waals surface area contributed by atoms with Crippen molar-refractivity contribution in [2.45, 2.75) is 26.2 Å². The summed E-state index contributed by atoms with van der Waals surface area (Å²) in [5.74, 6) is 0.843. The molecule has 0 bridgehead atoms. The van der Waals surface area contributed by atoms with Gasteiger partial charge in [-0.2, -0.15) is 0 Å². The van der Waals surface area contributed by atoms with E-state index in [1.165, 1.54) is 25.6 Å². The van der Waals surface area contributed by atoms with E-state index >= 15 is 0 Å². The number of aromatic nitrogens is 3. The number of aryl methyl sites for hydroxylation is 1. The topological polar surface area (TPSA) is 109 Å². The van der Waals surface area contributed by atoms with Gasteiger partial charge in [0.15, 0.2) is 0 Å². The van der Waals surface area contributed by atoms with Gasteiger partial charge in [-0.05, 0) is 44.5 Å². The molecule has 9 heteroatoms. The normalized spacial score (nSPS) is 14.8. The van der Waals surface area contributed by atoms with Crippen LogP contribution in [0.1, 0.15) is 24.8 Å². The summed E-state index contributed by atoms with van der Waals surface area (Å²) in [6, 6.07) is 3.63. The molecule has 3 rings (SSSR count). The standard InChI is InChI=1S/C17H23N7O2/c1-13-5-6-14(19-11-13)22-17-15(24(25)26)16(20-12-21-17)18-7-10-23-8-3-2-4-9-23/h5-6,11-12H,2-4,7-10H2,1H3,(H2,18,19,20,21,22). The van der Waals surface area contributed by atoms with Gasteiger partial charge < -0.3 is 15.5 Å². The highest BCUT2D eigenvalue weighted by Gasteiger charge is 2.23. The Hall–Kier alpha value is -2.81. The first-order valence-electron chi connectivity index (χ1n) is 8.79. The van der Waals surface area contributed by atoms with Crippen molar-refractivity contribution in [3.05, 3.63) is 40.3 Å². The molecule has 0 unspecified atom stereocenters. The van der Waals surface area contributed by atoms with Crippen molar-refractivity contribution in [1.82, 2.24) is 19.9 Å². The van der Waals surface area contributed by atoms with Crippen LogP contribution in [0.3, 0.4) is 0 Å². The molecular weight excluding hydrogens is 334 g/mol. The third-order valence-corrected chi connectivity index (χ3v) is 4.33. The zero-order valence-electron chi connectivity index (χ0n) is 14.8. The zero-order valence-corrected chi connectivity index (χ0v) is 14.8. The molecule has 138 valence electrons. The smallest absolute Gasteiger partial charge is 0.353 e. The van der Waals surface area contributed by atoms with Crippen LogP contribution in [0.4, 0.5) is 23.1 Å². The number of nitrogens with one attached hydrogen (secondary N) is 2. The van der Waals surface area contributed by atoms with Crippen LogP contribution < -0.4 is 10.6 Å². The maximum absolute atomic E-state index is 11.6. The molecule has 2 aromatic heterocycles. The van der Waals surface area contributed by atoms with Gasteiger partial charge in [0, 0.05) is 19.3 Å². The summed E-state index contributed by atoms with van der Waals surface area (Å²) >= 11 is 0. The summed E-state index contributed by atoms with van der Waals surface area (Å²) in [6.45, 7) is 5.52. The van der Waals surface area contributed by atoms with Crippen LogP contribution in [0, 0.1) is 17.0 Å². The van der Waals surface area contributed by atoms with Gasteiger partial charge in [-0.15, -0.1) is 0 Å². The Bertz CT molecular complexity index is 745. The number of hydrogen-bond donors (Lipinski definition) is 2. The monoisotopic (exact) mass is 357 g/mol. The number of pyridine rings is 1. The fourth-order valence-electron chi connectivity index (χ4n) is 2.95. The molecular formula is C17H23N7O2. The van der Waals surface area contributed by atoms with E-state index in [0.29, 0.717) is 12.4 Å². The average Bonchev–Trinajstić information content (AvgIpc) is 2.64. The minimum Gasteiger partial charge on any atom is -0.363 e. The van der Waals surface area contributed by atoms with E-state index in [0.717, 1.165) is 25.2 Å². The quantitative estimate of drug-likeness (QED) is 0.575. The predicted octanol–water partition coefficient (Wildman–Crippen LogP) is 2.73. The molecule has 1 aliphatic heterocycles. The first-order chi connectivity index (χ1) is 12.6. The van der Waals surface area contributed by atoms with E-state index in [1.807, 2.05) is 13.0 Å². The zero-order chi connectivity index (χ0) is 18.4. The summed E-state index contributed by atoms with van der Waals surface area (Å²) in [5.41, 5.74) is 0.835. The molecule has 0 radical (unpaired) electrons. The van der Waals surface area contributed by atoms with Crippen molar-refractivity contribution in [3.8, 4) is 0 Å². The molecule has 26 heavy (non-hydrogen) atoms. The lowest BCUT2D eigenvalue weighted by molar-refractivity contribution is -0.383. The van der Waals surface area contributed by atoms with Crippen LogP contribution in [0.2, 0.25) is 0 Å². The summed E-state index contributed by atoms with van der Waals surface area (Å²) in [7, 11) is 0. The van der Waals surface area contributed by atoms with E-state index in [-0.39, 0.29) is 17.3 Å². The molecule has 0 aliphatic carbocycles. The fraction of sp³-hybridized carbons (Fsp3) is 0.471. The SMILES string of the molecule is Cc1ccc(Nc2ncnc(NCCN3CCCCC3)c2[N+](=O)[O-])nc1. The maximum Gasteiger partial charge on any atom is 0.353 e. The lowest BCUT2D eigenvalue weighted by atomic mass is 10.1. The highest BCUT2D eigenvalue weighted by molar-refractivity contribution is 5.72. The Morgan fingerprint density at radius 2 is 1.92 bits per heavy atom. The molecule has 1 fully saturated rings. The molecule has 0 amide bonds. The fourth-order valence-corrected chi connectivity index (χ4v) is 2.95. The Morgan fingerprint density at radius 1 is 1.15 bits per heavy atom. The van der Waals surface area contributed by atoms with Crippen LogP contribution in [-0.2, 0) is 0 Å². The Morgan fingerprint density at radius 3 is 2.62 bits per heavy atom. The third-order valence-electron chi connectivity index (χ3n) is 4.33. The van der Waals surface area contributed by atoms with Crippen LogP contribution in [0.5, 0.6) is 0 Å². The van der Waals surface area contributed by atoms with Crippen LogP contribution in [0.25, 0.3) is 0 Å². The van der Waals surface area contributed by atoms with E-state index in [9.17, 15) is 10.1 Å². The van der Waals surface area contributed by atoms with Crippen LogP contribution >= 0.6 is 0 Å². The van der Waals surface area contributed by atoms with Gasteiger partial charge in [0.1, 0.15) is 12.1 Å². The van der Waals surface area contributed by atoms with Gasteiger partial charge in [-0.3, -0.25) is 10.1 Å². The molecule has 2 N–H and O–H groups in total. The van der Waals surface area contributed by atoms with E-state index in [4.69, 9.17) is 0 Å². The van der Waals surface area contributed by atoms with Crippen molar-refractivity contribution in [2.75, 3.05) is 36.8 Å². The van der Waals surface area contributed by atoms with Crippen molar-refractivity contribution >= 4 is 23.1 Å². The van der Waals surface area contributed by atoms with Crippen molar-refractivity contribution in [2.24, 2.45) is 0 Å². The molecule has 3 heterocycles. The summed E-state index contributed by atoms with van der Waals surface area (Å²) in [6.07, 6.45) is 6.71. The van der Waals surface area contributed by atoms with Crippen LogP contribution in [0.15, 0.2) is 24.7 Å². The Balaban J connectivity index is 1.70. The molecule has 1 aliphatic rings. The lowest BCUT2D eigenvalue weighted by Gasteiger charge is -2.26. The first-order valence-corrected chi connectivity index (χ1v) is 8.79. The minimum atomic E-state index is -0.472. The molecule has 2 aromatic rings. The Kier molecular flexibility index (Phi) is 5.90. The number of anilines is 3. The number of nitro groups is 1. The molecule has 0 aromatic carbocycles. The minimum absolute atomic E-state index is 0.127. The molecule has 0 spiro atoms. The highest BCUT2D eigenvalue weighted by Crippen LogP contribution is 2.30. The van der Waals surface area contributed by atoms with E-state index < -0.39 is 4.92 Å². The number of rotatable bonds is 7. The van der Waals surface area contributed by atoms with Gasteiger partial charge in [0.05, 0.1) is 4.92 Å². The number of hydrogen-bond acceptors (Lipinski definition) is 8. The van der Waals surface area contributed by atoms with Crippen LogP contribution in [-0.4, -0.2) is 51.0 Å². The largest absolute Gasteiger partial charge is 0.363 e. The van der Waals surface area contributed by atoms with Crippen molar-refractivity contribution in [1.29, 1.82) is 0 Å². The summed E-state index contributed by atoms with van der Waals surface area (Å²) < 4.78 is 0. The first kappa shape index (κ1) is 18.0. The molecule has 1 saturated heterocycles. The highest BCUT2D eigenvalue weighted by atomic mass is 16.6.